The highest BCUT2D eigenvalue weighted by Gasteiger charge is 2.58. The molecule has 5 fully saturated rings. The van der Waals surface area contributed by atoms with Crippen LogP contribution in [-0.2, 0) is 66.5 Å². The van der Waals surface area contributed by atoms with Crippen LogP contribution in [0.5, 0.6) is 0 Å². The minimum absolute atomic E-state index is 0.0982. The summed E-state index contributed by atoms with van der Waals surface area (Å²) >= 11 is 0. The van der Waals surface area contributed by atoms with Crippen molar-refractivity contribution in [1.82, 2.24) is 0 Å². The third-order valence-electron chi connectivity index (χ3n) is 14.8. The number of carbonyl (C=O) groups excluding carboxylic acids is 3. The standard InChI is InChI=1S/C50H86O23/c1-9-10-16-19-30-20-17-14-12-11-13-15-18-21-32(54)68-43-40(71-47-38(60)37(59)39(28(7)64-47)69-45(61)23(2)25(4)52)29(8)65-50(44(43)70-46(62)24(3)26(5)53)73-42-36(58)34(56)31(22-51)67-49(42)72-41-35(57)33(55)27(6)63-48(41)66-30/h23-31,33-44,47-53,55-60H,9-22H2,1-8H3/t23?,24?,25?,26?,27-,28-,29+,30?,31-,33-,34-,35+,36+,37-,38-,39-,40+,41-,42-,43-,44-,47+,48+,49+,50+/m1/s1. The summed E-state index contributed by atoms with van der Waals surface area (Å²) in [4.78, 5) is 40.7. The Morgan fingerprint density at radius 1 is 0.575 bits per heavy atom. The summed E-state index contributed by atoms with van der Waals surface area (Å²) in [6, 6.07) is 0. The number of rotatable bonds is 13. The van der Waals surface area contributed by atoms with Gasteiger partial charge in [0.1, 0.15) is 61.0 Å². The lowest BCUT2D eigenvalue weighted by molar-refractivity contribution is -0.399. The summed E-state index contributed by atoms with van der Waals surface area (Å²) in [5, 5.41) is 99.4. The second-order valence-electron chi connectivity index (χ2n) is 20.7. The van der Waals surface area contributed by atoms with Gasteiger partial charge in [0.15, 0.2) is 43.5 Å². The van der Waals surface area contributed by atoms with Gasteiger partial charge in [0.2, 0.25) is 0 Å². The van der Waals surface area contributed by atoms with E-state index in [9.17, 15) is 60.3 Å². The van der Waals surface area contributed by atoms with Crippen LogP contribution in [0.2, 0.25) is 0 Å². The molecule has 0 aromatic carbocycles. The van der Waals surface area contributed by atoms with Gasteiger partial charge in [-0.1, -0.05) is 64.7 Å². The first kappa shape index (κ1) is 61.6. The maximum Gasteiger partial charge on any atom is 0.311 e. The van der Waals surface area contributed by atoms with Crippen LogP contribution in [0.3, 0.4) is 0 Å². The topological polar surface area (TPSA) is 335 Å². The molecule has 5 heterocycles. The zero-order chi connectivity index (χ0) is 53.8. The highest BCUT2D eigenvalue weighted by atomic mass is 16.8. The Balaban J connectivity index is 1.55. The molecule has 5 saturated heterocycles. The fourth-order valence-corrected chi connectivity index (χ4v) is 9.55. The number of ether oxygens (including phenoxy) is 11. The second-order valence-corrected chi connectivity index (χ2v) is 20.7. The molecule has 2 bridgehead atoms. The number of esters is 3. The lowest BCUT2D eigenvalue weighted by Crippen LogP contribution is -2.68. The number of aliphatic hydroxyl groups is 9. The van der Waals surface area contributed by atoms with E-state index < -0.39 is 171 Å². The van der Waals surface area contributed by atoms with Crippen LogP contribution in [0.1, 0.15) is 139 Å². The highest BCUT2D eigenvalue weighted by molar-refractivity contribution is 5.73. The van der Waals surface area contributed by atoms with E-state index in [4.69, 9.17) is 52.1 Å². The van der Waals surface area contributed by atoms with Crippen molar-refractivity contribution in [3.63, 3.8) is 0 Å². The normalized spacial score (nSPS) is 42.5. The Labute approximate surface area is 427 Å². The number of carbonyl (C=O) groups is 3. The Kier molecular flexibility index (Phi) is 24.4. The Morgan fingerprint density at radius 3 is 1.71 bits per heavy atom. The molecule has 5 aliphatic rings. The van der Waals surface area contributed by atoms with Crippen LogP contribution < -0.4 is 0 Å². The Hall–Kier alpha value is -2.27. The molecule has 9 N–H and O–H groups in total. The third kappa shape index (κ3) is 16.2. The average molecular weight is 1060 g/mol. The minimum Gasteiger partial charge on any atom is -0.456 e. The summed E-state index contributed by atoms with van der Waals surface area (Å²) in [7, 11) is 0. The summed E-state index contributed by atoms with van der Waals surface area (Å²) in [6.07, 6.45) is -25.5. The lowest BCUT2D eigenvalue weighted by Gasteiger charge is -2.50. The first-order valence-corrected chi connectivity index (χ1v) is 26.5. The zero-order valence-electron chi connectivity index (χ0n) is 43.6. The van der Waals surface area contributed by atoms with E-state index in [1.165, 1.54) is 41.5 Å². The van der Waals surface area contributed by atoms with Crippen LogP contribution in [-0.4, -0.2) is 212 Å². The summed E-state index contributed by atoms with van der Waals surface area (Å²) in [6.45, 7) is 11.2. The molecule has 0 spiro atoms. The molecule has 0 saturated carbocycles. The van der Waals surface area contributed by atoms with E-state index in [0.717, 1.165) is 51.4 Å². The van der Waals surface area contributed by atoms with Gasteiger partial charge in [-0.15, -0.1) is 0 Å². The number of aliphatic hydroxyl groups excluding tert-OH is 9. The van der Waals surface area contributed by atoms with E-state index in [1.807, 2.05) is 0 Å². The molecule has 23 heteroatoms. The molecule has 73 heavy (non-hydrogen) atoms. The first-order chi connectivity index (χ1) is 34.6. The van der Waals surface area contributed by atoms with Crippen molar-refractivity contribution in [3.8, 4) is 0 Å². The van der Waals surface area contributed by atoms with Crippen LogP contribution >= 0.6 is 0 Å². The molecule has 424 valence electrons. The smallest absolute Gasteiger partial charge is 0.311 e. The van der Waals surface area contributed by atoms with Gasteiger partial charge in [0.05, 0.1) is 55.1 Å². The zero-order valence-corrected chi connectivity index (χ0v) is 43.6. The molecular formula is C50H86O23. The van der Waals surface area contributed by atoms with Crippen LogP contribution in [0.25, 0.3) is 0 Å². The number of hydrogen-bond donors (Lipinski definition) is 9. The molecule has 0 aromatic rings. The van der Waals surface area contributed by atoms with E-state index in [2.05, 4.69) is 6.92 Å². The van der Waals surface area contributed by atoms with Gasteiger partial charge in [0, 0.05) is 6.42 Å². The molecule has 0 aromatic heterocycles. The molecule has 23 nitrogen and oxygen atoms in total. The van der Waals surface area contributed by atoms with Crippen LogP contribution in [0.15, 0.2) is 0 Å². The molecule has 25 atom stereocenters. The third-order valence-corrected chi connectivity index (χ3v) is 14.8. The minimum atomic E-state index is -1.98. The summed E-state index contributed by atoms with van der Waals surface area (Å²) in [5.74, 6) is -4.85. The van der Waals surface area contributed by atoms with Crippen molar-refractivity contribution in [2.45, 2.75) is 280 Å². The fraction of sp³-hybridized carbons (Fsp3) is 0.940. The highest BCUT2D eigenvalue weighted by Crippen LogP contribution is 2.38. The van der Waals surface area contributed by atoms with Crippen LogP contribution in [0.4, 0.5) is 0 Å². The summed E-state index contributed by atoms with van der Waals surface area (Å²) < 4.78 is 67.9. The quantitative estimate of drug-likeness (QED) is 0.0690. The maximum absolute atomic E-state index is 14.0. The van der Waals surface area contributed by atoms with Gasteiger partial charge in [-0.05, 0) is 67.7 Å². The molecular weight excluding hydrogens is 969 g/mol. The van der Waals surface area contributed by atoms with Crippen molar-refractivity contribution in [1.29, 1.82) is 0 Å². The largest absolute Gasteiger partial charge is 0.456 e. The van der Waals surface area contributed by atoms with Gasteiger partial charge >= 0.3 is 17.9 Å². The van der Waals surface area contributed by atoms with Crippen molar-refractivity contribution in [3.05, 3.63) is 0 Å². The average Bonchev–Trinajstić information content (AvgIpc) is 3.34. The molecule has 0 radical (unpaired) electrons. The van der Waals surface area contributed by atoms with E-state index in [-0.39, 0.29) is 12.5 Å². The van der Waals surface area contributed by atoms with E-state index in [1.54, 1.807) is 6.92 Å². The number of fused-ring (bicyclic) bond motifs is 4. The molecule has 0 amide bonds. The molecule has 5 unspecified atom stereocenters. The van der Waals surface area contributed by atoms with Crippen LogP contribution in [0, 0.1) is 11.8 Å². The maximum atomic E-state index is 14.0. The molecule has 5 aliphatic heterocycles. The van der Waals surface area contributed by atoms with Gasteiger partial charge in [0.25, 0.3) is 0 Å². The lowest BCUT2D eigenvalue weighted by atomic mass is 9.95. The number of unbranched alkanes of at least 4 members (excludes halogenated alkanes) is 2. The SMILES string of the molecule is CCCCCC1CCCCCCCCCC(=O)O[C@@H]2[C@@H](O[C@@H]3O[C@H](C)[C@@H](OC(=O)C(C)C(C)O)[C@H](O)[C@H]3O)[C@H](C)O[C@@H](O[C@H]3[C@H](O[C@H]4[C@H](O1)O[C@H](C)[C@@H](O)[C@@H]4O)O[C@H](CO)[C@@H](O)[C@@H]3O)[C@@H]2OC(=O)C(C)C(C)O. The molecule has 5 rings (SSSR count). The van der Waals surface area contributed by atoms with Gasteiger partial charge in [-0.2, -0.15) is 0 Å². The first-order valence-electron chi connectivity index (χ1n) is 26.5. The predicted molar refractivity (Wildman–Crippen MR) is 251 cm³/mol. The predicted octanol–water partition coefficient (Wildman–Crippen LogP) is 0.518. The monoisotopic (exact) mass is 1050 g/mol. The Morgan fingerprint density at radius 2 is 1.11 bits per heavy atom. The van der Waals surface area contributed by atoms with E-state index >= 15 is 0 Å². The van der Waals surface area contributed by atoms with Crippen molar-refractivity contribution in [2.75, 3.05) is 6.61 Å². The number of hydrogen-bond acceptors (Lipinski definition) is 23. The van der Waals surface area contributed by atoms with Gasteiger partial charge in [-0.25, -0.2) is 0 Å². The van der Waals surface area contributed by atoms with Crippen molar-refractivity contribution in [2.24, 2.45) is 11.8 Å². The second kappa shape index (κ2) is 28.9. The fourth-order valence-electron chi connectivity index (χ4n) is 9.55. The summed E-state index contributed by atoms with van der Waals surface area (Å²) in [5.41, 5.74) is 0. The van der Waals surface area contributed by atoms with E-state index in [0.29, 0.717) is 25.7 Å². The van der Waals surface area contributed by atoms with Gasteiger partial charge < -0.3 is 98.1 Å². The Bertz CT molecular complexity index is 1670. The van der Waals surface area contributed by atoms with Crippen molar-refractivity contribution < 1.29 is 112 Å². The van der Waals surface area contributed by atoms with Gasteiger partial charge in [-0.3, -0.25) is 14.4 Å². The van der Waals surface area contributed by atoms with Crippen molar-refractivity contribution >= 4 is 17.9 Å². The molecule has 0 aliphatic carbocycles.